The molecule has 0 bridgehead atoms. The number of hydrogen-bond donors (Lipinski definition) is 2. The van der Waals surface area contributed by atoms with E-state index in [1.54, 1.807) is 0 Å². The number of rotatable bonds is 12. The largest absolute Gasteiger partial charge is 0.334 e. The van der Waals surface area contributed by atoms with Gasteiger partial charge in [-0.3, -0.25) is 9.97 Å². The molecule has 4 aromatic heterocycles. The lowest BCUT2D eigenvalue weighted by Gasteiger charge is -2.12. The van der Waals surface area contributed by atoms with Gasteiger partial charge in [0.25, 0.3) is 0 Å². The molecule has 0 radical (unpaired) electrons. The molecule has 0 unspecified atom stereocenters. The van der Waals surface area contributed by atoms with Crippen LogP contribution in [0.15, 0.2) is 134 Å². The molecule has 6 nitrogen and oxygen atoms in total. The zero-order valence-electron chi connectivity index (χ0n) is 26.4. The van der Waals surface area contributed by atoms with Crippen molar-refractivity contribution in [2.45, 2.75) is 32.6 Å². The smallest absolute Gasteiger partial charge is 0.0784 e. The average molecular weight is 615 g/mol. The second-order valence-electron chi connectivity index (χ2n) is 12.2. The summed E-state index contributed by atoms with van der Waals surface area (Å²) in [6.07, 6.45) is 4.90. The first-order valence-corrected chi connectivity index (χ1v) is 16.5. The molecule has 0 amide bonds. The van der Waals surface area contributed by atoms with Gasteiger partial charge in [0, 0.05) is 71.2 Å². The van der Waals surface area contributed by atoms with Crippen LogP contribution in [-0.2, 0) is 26.2 Å². The van der Waals surface area contributed by atoms with Crippen LogP contribution in [0.4, 0.5) is 0 Å². The Morgan fingerprint density at radius 1 is 0.447 bits per heavy atom. The minimum absolute atomic E-state index is 0.725. The third-order valence-electron chi connectivity index (χ3n) is 9.17. The molecule has 2 N–H and O–H groups in total. The van der Waals surface area contributed by atoms with Crippen molar-refractivity contribution in [1.82, 2.24) is 29.7 Å². The second-order valence-corrected chi connectivity index (χ2v) is 12.2. The van der Waals surface area contributed by atoms with Gasteiger partial charge in [0.2, 0.25) is 0 Å². The fourth-order valence-corrected chi connectivity index (χ4v) is 7.02. The summed E-state index contributed by atoms with van der Waals surface area (Å²) in [6, 6.07) is 43.1. The average Bonchev–Trinajstić information content (AvgIpc) is 3.62. The number of hydrogen-bond acceptors (Lipinski definition) is 4. The molecule has 6 heteroatoms. The summed E-state index contributed by atoms with van der Waals surface area (Å²) in [5.41, 5.74) is 9.67. The van der Waals surface area contributed by atoms with Crippen LogP contribution in [0.5, 0.6) is 0 Å². The summed E-state index contributed by atoms with van der Waals surface area (Å²) in [6.45, 7) is 4.88. The lowest BCUT2D eigenvalue weighted by atomic mass is 10.1. The van der Waals surface area contributed by atoms with E-state index in [2.05, 4.69) is 141 Å². The van der Waals surface area contributed by atoms with E-state index >= 15 is 0 Å². The van der Waals surface area contributed by atoms with E-state index in [0.29, 0.717) is 0 Å². The lowest BCUT2D eigenvalue weighted by Crippen LogP contribution is -2.22. The first kappa shape index (κ1) is 29.1. The normalized spacial score (nSPS) is 11.7. The molecule has 0 atom stereocenters. The molecule has 232 valence electrons. The van der Waals surface area contributed by atoms with Crippen LogP contribution in [0.25, 0.3) is 43.6 Å². The van der Waals surface area contributed by atoms with Crippen molar-refractivity contribution < 1.29 is 0 Å². The van der Waals surface area contributed by atoms with Crippen molar-refractivity contribution in [2.24, 2.45) is 0 Å². The van der Waals surface area contributed by atoms with Crippen LogP contribution in [0.3, 0.4) is 0 Å². The molecule has 4 aromatic carbocycles. The third kappa shape index (κ3) is 5.78. The Kier molecular flexibility index (Phi) is 8.18. The Labute approximate surface area is 274 Å². The van der Waals surface area contributed by atoms with E-state index in [0.717, 1.165) is 57.1 Å². The maximum atomic E-state index is 4.85. The summed E-state index contributed by atoms with van der Waals surface area (Å²) in [5.74, 6) is 0. The molecule has 0 saturated heterocycles. The minimum atomic E-state index is 0.725. The van der Waals surface area contributed by atoms with E-state index < -0.39 is 0 Å². The van der Waals surface area contributed by atoms with Gasteiger partial charge in [-0.25, -0.2) is 0 Å². The molecule has 4 heterocycles. The van der Waals surface area contributed by atoms with Crippen LogP contribution >= 0.6 is 0 Å². The molecule has 0 aliphatic heterocycles. The monoisotopic (exact) mass is 614 g/mol. The Hall–Kier alpha value is -5.30. The van der Waals surface area contributed by atoms with Gasteiger partial charge in [0.15, 0.2) is 0 Å². The van der Waals surface area contributed by atoms with Crippen LogP contribution in [-0.4, -0.2) is 32.2 Å². The SMILES string of the molecule is c1ccc(Cn2c3ccccc3c3ccnc(CNCCCNCc4nccc5c6ccccc6n(Cc6ccccc6)c45)c32)cc1. The third-order valence-corrected chi connectivity index (χ3v) is 9.17. The van der Waals surface area contributed by atoms with Gasteiger partial charge in [-0.05, 0) is 54.9 Å². The van der Waals surface area contributed by atoms with Crippen molar-refractivity contribution in [3.63, 3.8) is 0 Å². The van der Waals surface area contributed by atoms with Crippen LogP contribution in [0.1, 0.15) is 28.9 Å². The van der Waals surface area contributed by atoms with Gasteiger partial charge < -0.3 is 19.8 Å². The predicted octanol–water partition coefficient (Wildman–Crippen LogP) is 8.06. The Bertz CT molecular complexity index is 2120. The Morgan fingerprint density at radius 2 is 0.872 bits per heavy atom. The standard InChI is InChI=1S/C41H38N6/c1-3-12-30(13-4-1)28-46-38-18-9-7-16-32(38)34-20-24-44-36(40(34)46)26-42-22-11-23-43-27-37-41-35(21-25-45-37)33-17-8-10-19-39(33)47(41)29-31-14-5-2-6-15-31/h1-10,12-21,24-25,42-43H,11,22-23,26-29H2. The topological polar surface area (TPSA) is 59.7 Å². The first-order chi connectivity index (χ1) is 23.3. The number of nitrogens with zero attached hydrogens (tertiary/aromatic N) is 4. The molecule has 0 spiro atoms. The van der Waals surface area contributed by atoms with Gasteiger partial charge in [0.05, 0.1) is 22.4 Å². The second kappa shape index (κ2) is 13.2. The van der Waals surface area contributed by atoms with E-state index in [1.807, 2.05) is 12.4 Å². The van der Waals surface area contributed by atoms with E-state index in [1.165, 1.54) is 54.7 Å². The summed E-state index contributed by atoms with van der Waals surface area (Å²) in [4.78, 5) is 9.71. The maximum Gasteiger partial charge on any atom is 0.0784 e. The Balaban J connectivity index is 0.947. The highest BCUT2D eigenvalue weighted by Gasteiger charge is 2.16. The fourth-order valence-electron chi connectivity index (χ4n) is 7.02. The molecule has 0 aliphatic carbocycles. The lowest BCUT2D eigenvalue weighted by molar-refractivity contribution is 0.588. The summed E-state index contributed by atoms with van der Waals surface area (Å²) in [7, 11) is 0. The first-order valence-electron chi connectivity index (χ1n) is 16.5. The van der Waals surface area contributed by atoms with Gasteiger partial charge >= 0.3 is 0 Å². The van der Waals surface area contributed by atoms with E-state index in [9.17, 15) is 0 Å². The number of nitrogens with one attached hydrogen (secondary N) is 2. The molecule has 8 rings (SSSR count). The summed E-state index contributed by atoms with van der Waals surface area (Å²) in [5, 5.41) is 12.4. The quantitative estimate of drug-likeness (QED) is 0.137. The maximum absolute atomic E-state index is 4.85. The van der Waals surface area contributed by atoms with Crippen molar-refractivity contribution in [3.05, 3.63) is 156 Å². The highest BCUT2D eigenvalue weighted by Crippen LogP contribution is 2.32. The van der Waals surface area contributed by atoms with Crippen LogP contribution in [0, 0.1) is 0 Å². The molecule has 8 aromatic rings. The van der Waals surface area contributed by atoms with Crippen molar-refractivity contribution >= 4 is 43.6 Å². The molecule has 0 fully saturated rings. The highest BCUT2D eigenvalue weighted by molar-refractivity contribution is 6.09. The van der Waals surface area contributed by atoms with Gasteiger partial charge in [-0.15, -0.1) is 0 Å². The van der Waals surface area contributed by atoms with Crippen LogP contribution < -0.4 is 10.6 Å². The van der Waals surface area contributed by atoms with Crippen LogP contribution in [0.2, 0.25) is 0 Å². The Morgan fingerprint density at radius 3 is 1.34 bits per heavy atom. The number of benzene rings is 4. The van der Waals surface area contributed by atoms with E-state index in [4.69, 9.17) is 9.97 Å². The molecule has 0 saturated carbocycles. The summed E-state index contributed by atoms with van der Waals surface area (Å²) >= 11 is 0. The van der Waals surface area contributed by atoms with Crippen molar-refractivity contribution in [2.75, 3.05) is 13.1 Å². The van der Waals surface area contributed by atoms with E-state index in [-0.39, 0.29) is 0 Å². The number of aromatic nitrogens is 4. The van der Waals surface area contributed by atoms with Gasteiger partial charge in [0.1, 0.15) is 0 Å². The minimum Gasteiger partial charge on any atom is -0.334 e. The van der Waals surface area contributed by atoms with Crippen molar-refractivity contribution in [1.29, 1.82) is 0 Å². The summed E-state index contributed by atoms with van der Waals surface area (Å²) < 4.78 is 4.85. The molecular weight excluding hydrogens is 576 g/mol. The molecule has 0 aliphatic rings. The number of pyridine rings is 2. The van der Waals surface area contributed by atoms with Gasteiger partial charge in [-0.2, -0.15) is 0 Å². The highest BCUT2D eigenvalue weighted by atomic mass is 15.0. The fraction of sp³-hybridized carbons (Fsp3) is 0.171. The van der Waals surface area contributed by atoms with Gasteiger partial charge in [-0.1, -0.05) is 97.1 Å². The number of para-hydroxylation sites is 2. The zero-order valence-corrected chi connectivity index (χ0v) is 26.4. The zero-order chi connectivity index (χ0) is 31.4. The predicted molar refractivity (Wildman–Crippen MR) is 194 cm³/mol. The number of fused-ring (bicyclic) bond motifs is 6. The molecular formula is C41H38N6. The van der Waals surface area contributed by atoms with Crippen molar-refractivity contribution in [3.8, 4) is 0 Å². The molecule has 47 heavy (non-hydrogen) atoms.